The molecular formula is C18H22O3S. The lowest BCUT2D eigenvalue weighted by Crippen LogP contribution is -2.09. The number of carbonyl (C=O) groups is 1. The molecule has 0 atom stereocenters. The van der Waals surface area contributed by atoms with Gasteiger partial charge in [-0.2, -0.15) is 12.6 Å². The molecule has 3 nitrogen and oxygen atoms in total. The van der Waals surface area contributed by atoms with E-state index >= 15 is 0 Å². The largest absolute Gasteiger partial charge is 0.513 e. The van der Waals surface area contributed by atoms with E-state index in [0.29, 0.717) is 24.0 Å². The molecule has 0 aromatic carbocycles. The highest BCUT2D eigenvalue weighted by Crippen LogP contribution is 2.39. The maximum atomic E-state index is 11.6. The highest BCUT2D eigenvalue weighted by Gasteiger charge is 2.19. The van der Waals surface area contributed by atoms with Gasteiger partial charge >= 0.3 is 6.16 Å². The fourth-order valence-electron chi connectivity index (χ4n) is 2.46. The zero-order valence-electron chi connectivity index (χ0n) is 13.3. The second-order valence-corrected chi connectivity index (χ2v) is 5.96. The van der Waals surface area contributed by atoms with Crippen molar-refractivity contribution in [1.82, 2.24) is 0 Å². The molecular weight excluding hydrogens is 296 g/mol. The highest BCUT2D eigenvalue weighted by atomic mass is 32.1. The Kier molecular flexibility index (Phi) is 5.72. The first-order valence-corrected chi connectivity index (χ1v) is 8.18. The lowest BCUT2D eigenvalue weighted by Gasteiger charge is -2.04. The summed E-state index contributed by atoms with van der Waals surface area (Å²) in [6, 6.07) is 10.1. The van der Waals surface area contributed by atoms with E-state index in [-0.39, 0.29) is 0 Å². The summed E-state index contributed by atoms with van der Waals surface area (Å²) in [4.78, 5) is 11.6. The average molecular weight is 318 g/mol. The number of hydrogen-bond acceptors (Lipinski definition) is 4. The van der Waals surface area contributed by atoms with Gasteiger partial charge in [-0.3, -0.25) is 0 Å². The second-order valence-electron chi connectivity index (χ2n) is 5.64. The minimum absolute atomic E-state index is 0.300. The summed E-state index contributed by atoms with van der Waals surface area (Å²) in [7, 11) is 0. The summed E-state index contributed by atoms with van der Waals surface area (Å²) in [6.45, 7) is 6.40. The minimum atomic E-state index is -0.661. The van der Waals surface area contributed by atoms with Crippen LogP contribution in [0.5, 0.6) is 5.75 Å². The Labute approximate surface area is 137 Å². The van der Waals surface area contributed by atoms with E-state index < -0.39 is 6.16 Å². The van der Waals surface area contributed by atoms with E-state index in [1.807, 2.05) is 18.2 Å². The molecule has 0 aromatic rings. The Bertz CT molecular complexity index is 622. The number of hydrogen-bond donors (Lipinski definition) is 1. The number of rotatable bonds is 5. The van der Waals surface area contributed by atoms with Crippen molar-refractivity contribution in [3.8, 4) is 16.9 Å². The minimum Gasteiger partial charge on any atom is -0.434 e. The fraction of sp³-hybridized carbons (Fsp3) is 0.389. The van der Waals surface area contributed by atoms with Crippen LogP contribution in [0.1, 0.15) is 31.9 Å². The zero-order valence-corrected chi connectivity index (χ0v) is 14.2. The van der Waals surface area contributed by atoms with E-state index in [2.05, 4.69) is 38.6 Å². The van der Waals surface area contributed by atoms with Crippen molar-refractivity contribution < 1.29 is 14.3 Å². The first-order chi connectivity index (χ1) is 10.5. The molecule has 0 saturated heterocycles. The number of ether oxygens (including phenoxy) is 2. The zero-order chi connectivity index (χ0) is 16.1. The SMILES string of the molecule is CCOC(=O)Oc1cc(CC(C)C)c2ccc(CS)ccc1-2. The molecule has 0 radical (unpaired) electrons. The maximum absolute atomic E-state index is 11.6. The van der Waals surface area contributed by atoms with Crippen molar-refractivity contribution in [2.45, 2.75) is 32.9 Å². The summed E-state index contributed by atoms with van der Waals surface area (Å²) in [5.74, 6) is 1.76. The third-order valence-corrected chi connectivity index (χ3v) is 3.77. The average Bonchev–Trinajstić information content (AvgIpc) is 2.65. The van der Waals surface area contributed by atoms with E-state index in [0.717, 1.165) is 23.1 Å². The standard InChI is InChI=1S/C18H22O3S/c1-4-20-18(19)21-17-10-14(9-12(2)3)15-7-5-13(11-22)6-8-16(15)17/h5-8,10,12,22H,4,9,11H2,1-3H3. The molecule has 0 N–H and O–H groups in total. The van der Waals surface area contributed by atoms with Gasteiger partial charge in [0.2, 0.25) is 0 Å². The normalized spacial score (nSPS) is 11.0. The summed E-state index contributed by atoms with van der Waals surface area (Å²) in [6.07, 6.45) is 0.273. The van der Waals surface area contributed by atoms with Crippen molar-refractivity contribution >= 4 is 18.8 Å². The van der Waals surface area contributed by atoms with Crippen LogP contribution in [-0.2, 0) is 16.9 Å². The van der Waals surface area contributed by atoms with E-state index in [4.69, 9.17) is 9.47 Å². The van der Waals surface area contributed by atoms with E-state index in [1.165, 1.54) is 5.56 Å². The summed E-state index contributed by atoms with van der Waals surface area (Å²) in [5.41, 5.74) is 4.35. The summed E-state index contributed by atoms with van der Waals surface area (Å²) < 4.78 is 10.2. The third-order valence-electron chi connectivity index (χ3n) is 3.40. The lowest BCUT2D eigenvalue weighted by atomic mass is 10.0. The fourth-order valence-corrected chi connectivity index (χ4v) is 2.67. The van der Waals surface area contributed by atoms with Gasteiger partial charge in [-0.15, -0.1) is 0 Å². The van der Waals surface area contributed by atoms with Crippen LogP contribution in [0.3, 0.4) is 0 Å². The van der Waals surface area contributed by atoms with Crippen LogP contribution in [0.4, 0.5) is 4.79 Å². The van der Waals surface area contributed by atoms with E-state index in [9.17, 15) is 4.79 Å². The molecule has 118 valence electrons. The molecule has 22 heavy (non-hydrogen) atoms. The monoisotopic (exact) mass is 318 g/mol. The number of carbonyl (C=O) groups excluding carboxylic acids is 1. The topological polar surface area (TPSA) is 35.5 Å². The summed E-state index contributed by atoms with van der Waals surface area (Å²) in [5, 5.41) is 0. The molecule has 2 aliphatic carbocycles. The quantitative estimate of drug-likeness (QED) is 0.625. The summed E-state index contributed by atoms with van der Waals surface area (Å²) >= 11 is 4.32. The molecule has 0 unspecified atom stereocenters. The van der Waals surface area contributed by atoms with Gasteiger partial charge in [-0.25, -0.2) is 4.79 Å². The predicted octanol–water partition coefficient (Wildman–Crippen LogP) is 4.96. The Balaban J connectivity index is 2.44. The van der Waals surface area contributed by atoms with Gasteiger partial charge in [0.15, 0.2) is 0 Å². The van der Waals surface area contributed by atoms with Gasteiger partial charge in [0.25, 0.3) is 0 Å². The molecule has 0 aromatic heterocycles. The van der Waals surface area contributed by atoms with Gasteiger partial charge < -0.3 is 9.47 Å². The smallest absolute Gasteiger partial charge is 0.434 e. The van der Waals surface area contributed by atoms with Crippen LogP contribution in [0.2, 0.25) is 0 Å². The predicted molar refractivity (Wildman–Crippen MR) is 91.9 cm³/mol. The van der Waals surface area contributed by atoms with Crippen LogP contribution in [0.25, 0.3) is 11.1 Å². The molecule has 4 heteroatoms. The lowest BCUT2D eigenvalue weighted by molar-refractivity contribution is 0.104. The molecule has 0 aliphatic heterocycles. The van der Waals surface area contributed by atoms with Gasteiger partial charge in [0.1, 0.15) is 5.75 Å². The van der Waals surface area contributed by atoms with Crippen LogP contribution >= 0.6 is 12.6 Å². The van der Waals surface area contributed by atoms with Crippen LogP contribution < -0.4 is 4.74 Å². The van der Waals surface area contributed by atoms with Crippen molar-refractivity contribution in [3.63, 3.8) is 0 Å². The Hall–Kier alpha value is -1.68. The molecule has 2 aliphatic rings. The molecule has 0 fully saturated rings. The highest BCUT2D eigenvalue weighted by molar-refractivity contribution is 7.79. The first kappa shape index (κ1) is 16.7. The van der Waals surface area contributed by atoms with Gasteiger partial charge in [0.05, 0.1) is 6.61 Å². The van der Waals surface area contributed by atoms with Crippen molar-refractivity contribution in [2.75, 3.05) is 6.61 Å². The molecule has 0 saturated carbocycles. The maximum Gasteiger partial charge on any atom is 0.513 e. The van der Waals surface area contributed by atoms with Crippen LogP contribution in [0.15, 0.2) is 30.3 Å². The van der Waals surface area contributed by atoms with Crippen molar-refractivity contribution in [2.24, 2.45) is 5.92 Å². The molecule has 0 bridgehead atoms. The molecule has 0 spiro atoms. The molecule has 0 amide bonds. The molecule has 0 heterocycles. The number of thiol groups is 1. The van der Waals surface area contributed by atoms with Gasteiger partial charge in [-0.05, 0) is 42.0 Å². The Morgan fingerprint density at radius 2 is 1.86 bits per heavy atom. The Morgan fingerprint density at radius 3 is 2.45 bits per heavy atom. The Morgan fingerprint density at radius 1 is 1.18 bits per heavy atom. The second kappa shape index (κ2) is 7.54. The van der Waals surface area contributed by atoms with Crippen molar-refractivity contribution in [3.05, 3.63) is 41.5 Å². The third kappa shape index (κ3) is 3.95. The first-order valence-electron chi connectivity index (χ1n) is 7.55. The van der Waals surface area contributed by atoms with Crippen molar-refractivity contribution in [1.29, 1.82) is 0 Å². The van der Waals surface area contributed by atoms with Gasteiger partial charge in [-0.1, -0.05) is 38.1 Å². The van der Waals surface area contributed by atoms with E-state index in [1.54, 1.807) is 6.92 Å². The van der Waals surface area contributed by atoms with Crippen LogP contribution in [0, 0.1) is 5.92 Å². The van der Waals surface area contributed by atoms with Crippen LogP contribution in [-0.4, -0.2) is 12.8 Å². The number of fused-ring (bicyclic) bond motifs is 1. The molecule has 2 rings (SSSR count). The van der Waals surface area contributed by atoms with Gasteiger partial charge in [0, 0.05) is 11.3 Å².